The summed E-state index contributed by atoms with van der Waals surface area (Å²) < 4.78 is 0. The van der Waals surface area contributed by atoms with Gasteiger partial charge in [0.15, 0.2) is 0 Å². The van der Waals surface area contributed by atoms with Gasteiger partial charge in [0.1, 0.15) is 0 Å². The lowest BCUT2D eigenvalue weighted by molar-refractivity contribution is 0.567. The minimum atomic E-state index is 0.587. The molecule has 0 amide bonds. The first kappa shape index (κ1) is 14.0. The Bertz CT molecular complexity index is 320. The number of nitrogens with zero attached hydrogens (tertiary/aromatic N) is 1. The van der Waals surface area contributed by atoms with E-state index in [1.807, 2.05) is 0 Å². The topological polar surface area (TPSA) is 15.3 Å². The lowest BCUT2D eigenvalue weighted by Crippen LogP contribution is -2.29. The monoisotopic (exact) mass is 234 g/mol. The number of hydrogen-bond acceptors (Lipinski definition) is 2. The third kappa shape index (κ3) is 5.22. The average molecular weight is 234 g/mol. The molecule has 0 fully saturated rings. The summed E-state index contributed by atoms with van der Waals surface area (Å²) in [5.41, 5.74) is 2.68. The molecule has 1 N–H and O–H groups in total. The van der Waals surface area contributed by atoms with E-state index >= 15 is 0 Å². The van der Waals surface area contributed by atoms with Crippen molar-refractivity contribution in [3.8, 4) is 0 Å². The largest absolute Gasteiger partial charge is 0.372 e. The van der Waals surface area contributed by atoms with Gasteiger partial charge in [-0.3, -0.25) is 0 Å². The highest BCUT2D eigenvalue weighted by Gasteiger charge is 2.03. The summed E-state index contributed by atoms with van der Waals surface area (Å²) in [6.07, 6.45) is 1.19. The third-order valence-corrected chi connectivity index (χ3v) is 2.91. The van der Waals surface area contributed by atoms with Crippen molar-refractivity contribution in [2.75, 3.05) is 24.5 Å². The predicted molar refractivity (Wildman–Crippen MR) is 76.8 cm³/mol. The van der Waals surface area contributed by atoms with Crippen LogP contribution in [0.25, 0.3) is 0 Å². The number of aryl methyl sites for hydroxylation is 1. The molecule has 1 aromatic carbocycles. The van der Waals surface area contributed by atoms with E-state index in [-0.39, 0.29) is 0 Å². The first-order valence-corrected chi connectivity index (χ1v) is 6.68. The minimum absolute atomic E-state index is 0.587. The number of nitrogens with one attached hydrogen (secondary N) is 1. The van der Waals surface area contributed by atoms with Crippen molar-refractivity contribution >= 4 is 5.69 Å². The average Bonchev–Trinajstić information content (AvgIpc) is 2.29. The van der Waals surface area contributed by atoms with Gasteiger partial charge in [-0.1, -0.05) is 26.0 Å². The van der Waals surface area contributed by atoms with Gasteiger partial charge in [0.05, 0.1) is 0 Å². The molecule has 0 radical (unpaired) electrons. The molecule has 17 heavy (non-hydrogen) atoms. The molecular formula is C15H26N2. The summed E-state index contributed by atoms with van der Waals surface area (Å²) in [6, 6.07) is 9.34. The second-order valence-corrected chi connectivity index (χ2v) is 4.88. The molecule has 0 aliphatic carbocycles. The van der Waals surface area contributed by atoms with Gasteiger partial charge in [-0.05, 0) is 44.5 Å². The lowest BCUT2D eigenvalue weighted by Gasteiger charge is -2.23. The van der Waals surface area contributed by atoms with Crippen molar-refractivity contribution in [3.05, 3.63) is 29.8 Å². The van der Waals surface area contributed by atoms with Crippen LogP contribution in [0.3, 0.4) is 0 Å². The Kier molecular flexibility index (Phi) is 6.06. The molecule has 96 valence electrons. The molecule has 0 aliphatic heterocycles. The van der Waals surface area contributed by atoms with Crippen LogP contribution >= 0.6 is 0 Å². The first-order chi connectivity index (χ1) is 8.13. The maximum absolute atomic E-state index is 3.46. The second kappa shape index (κ2) is 7.33. The highest BCUT2D eigenvalue weighted by atomic mass is 15.1. The highest BCUT2D eigenvalue weighted by molar-refractivity contribution is 5.48. The zero-order chi connectivity index (χ0) is 12.7. The summed E-state index contributed by atoms with van der Waals surface area (Å²) >= 11 is 0. The first-order valence-electron chi connectivity index (χ1n) is 6.68. The van der Waals surface area contributed by atoms with Gasteiger partial charge in [0.2, 0.25) is 0 Å². The maximum Gasteiger partial charge on any atom is 0.0368 e. The molecular weight excluding hydrogens is 208 g/mol. The molecule has 0 aromatic heterocycles. The Morgan fingerprint density at radius 3 is 2.65 bits per heavy atom. The normalized spacial score (nSPS) is 10.9. The second-order valence-electron chi connectivity index (χ2n) is 4.88. The molecule has 1 aromatic rings. The molecule has 0 aliphatic rings. The molecule has 2 nitrogen and oxygen atoms in total. The van der Waals surface area contributed by atoms with Crippen LogP contribution in [-0.2, 0) is 0 Å². The molecule has 0 bridgehead atoms. The standard InChI is InChI=1S/C15H26N2/c1-5-17(11-7-10-16-13(2)3)15-9-6-8-14(4)12-15/h6,8-9,12-13,16H,5,7,10-11H2,1-4H3. The smallest absolute Gasteiger partial charge is 0.0368 e. The Morgan fingerprint density at radius 2 is 2.06 bits per heavy atom. The Balaban J connectivity index is 2.43. The number of rotatable bonds is 7. The van der Waals surface area contributed by atoms with E-state index in [9.17, 15) is 0 Å². The molecule has 0 saturated carbocycles. The molecule has 0 heterocycles. The molecule has 2 heteroatoms. The van der Waals surface area contributed by atoms with Crippen molar-refractivity contribution < 1.29 is 0 Å². The van der Waals surface area contributed by atoms with Crippen LogP contribution in [-0.4, -0.2) is 25.7 Å². The van der Waals surface area contributed by atoms with E-state index in [0.717, 1.165) is 19.6 Å². The van der Waals surface area contributed by atoms with Gasteiger partial charge in [0, 0.05) is 24.8 Å². The Labute approximate surface area is 106 Å². The summed E-state index contributed by atoms with van der Waals surface area (Å²) in [6.45, 7) is 12.1. The molecule has 0 unspecified atom stereocenters. The van der Waals surface area contributed by atoms with Gasteiger partial charge < -0.3 is 10.2 Å². The SMILES string of the molecule is CCN(CCCNC(C)C)c1cccc(C)c1. The number of benzene rings is 1. The quantitative estimate of drug-likeness (QED) is 0.729. The summed E-state index contributed by atoms with van der Waals surface area (Å²) in [5.74, 6) is 0. The van der Waals surface area contributed by atoms with Crippen LogP contribution in [0.5, 0.6) is 0 Å². The number of anilines is 1. The molecule has 1 rings (SSSR count). The van der Waals surface area contributed by atoms with E-state index in [4.69, 9.17) is 0 Å². The van der Waals surface area contributed by atoms with Crippen LogP contribution in [0.4, 0.5) is 5.69 Å². The fourth-order valence-corrected chi connectivity index (χ4v) is 1.96. The molecule has 0 atom stereocenters. The van der Waals surface area contributed by atoms with Gasteiger partial charge in [-0.2, -0.15) is 0 Å². The summed E-state index contributed by atoms with van der Waals surface area (Å²) in [4.78, 5) is 2.44. The molecule has 0 spiro atoms. The van der Waals surface area contributed by atoms with Crippen LogP contribution < -0.4 is 10.2 Å². The maximum atomic E-state index is 3.46. The Morgan fingerprint density at radius 1 is 1.29 bits per heavy atom. The highest BCUT2D eigenvalue weighted by Crippen LogP contribution is 2.15. The van der Waals surface area contributed by atoms with E-state index in [1.54, 1.807) is 0 Å². The fourth-order valence-electron chi connectivity index (χ4n) is 1.96. The van der Waals surface area contributed by atoms with E-state index in [1.165, 1.54) is 17.7 Å². The van der Waals surface area contributed by atoms with Gasteiger partial charge in [-0.15, -0.1) is 0 Å². The Hall–Kier alpha value is -1.02. The number of hydrogen-bond donors (Lipinski definition) is 1. The van der Waals surface area contributed by atoms with Crippen molar-refractivity contribution in [1.29, 1.82) is 0 Å². The predicted octanol–water partition coefficient (Wildman–Crippen LogP) is 3.21. The van der Waals surface area contributed by atoms with Gasteiger partial charge in [0.25, 0.3) is 0 Å². The van der Waals surface area contributed by atoms with Crippen molar-refractivity contribution in [3.63, 3.8) is 0 Å². The van der Waals surface area contributed by atoms with Crippen molar-refractivity contribution in [1.82, 2.24) is 5.32 Å². The minimum Gasteiger partial charge on any atom is -0.372 e. The third-order valence-electron chi connectivity index (χ3n) is 2.91. The zero-order valence-electron chi connectivity index (χ0n) is 11.7. The van der Waals surface area contributed by atoms with E-state index < -0.39 is 0 Å². The van der Waals surface area contributed by atoms with Crippen LogP contribution in [0.15, 0.2) is 24.3 Å². The van der Waals surface area contributed by atoms with Crippen LogP contribution in [0.2, 0.25) is 0 Å². The van der Waals surface area contributed by atoms with Crippen molar-refractivity contribution in [2.45, 2.75) is 40.2 Å². The van der Waals surface area contributed by atoms with Gasteiger partial charge >= 0.3 is 0 Å². The van der Waals surface area contributed by atoms with Crippen LogP contribution in [0.1, 0.15) is 32.8 Å². The van der Waals surface area contributed by atoms with Crippen molar-refractivity contribution in [2.24, 2.45) is 0 Å². The summed E-state index contributed by atoms with van der Waals surface area (Å²) in [7, 11) is 0. The van der Waals surface area contributed by atoms with E-state index in [0.29, 0.717) is 6.04 Å². The van der Waals surface area contributed by atoms with E-state index in [2.05, 4.69) is 62.2 Å². The van der Waals surface area contributed by atoms with Gasteiger partial charge in [-0.25, -0.2) is 0 Å². The lowest BCUT2D eigenvalue weighted by atomic mass is 10.2. The zero-order valence-corrected chi connectivity index (χ0v) is 11.7. The fraction of sp³-hybridized carbons (Fsp3) is 0.600. The summed E-state index contributed by atoms with van der Waals surface area (Å²) in [5, 5.41) is 3.46. The van der Waals surface area contributed by atoms with Crippen LogP contribution in [0, 0.1) is 6.92 Å². The molecule has 0 saturated heterocycles.